The van der Waals surface area contributed by atoms with Crippen LogP contribution in [0.25, 0.3) is 80.7 Å². The van der Waals surface area contributed by atoms with Gasteiger partial charge in [-0.2, -0.15) is 0 Å². The third-order valence-electron chi connectivity index (χ3n) is 10.4. The molecule has 11 rings (SSSR count). The molecule has 0 atom stereocenters. The second-order valence-electron chi connectivity index (χ2n) is 13.4. The van der Waals surface area contributed by atoms with Crippen LogP contribution in [0, 0.1) is 0 Å². The van der Waals surface area contributed by atoms with Gasteiger partial charge in [0.1, 0.15) is 11.2 Å². The van der Waals surface area contributed by atoms with Gasteiger partial charge in [0.15, 0.2) is 0 Å². The predicted octanol–water partition coefficient (Wildman–Crippen LogP) is 14.2. The lowest BCUT2D eigenvalue weighted by Crippen LogP contribution is -2.09. The van der Waals surface area contributed by atoms with Gasteiger partial charge >= 0.3 is 0 Å². The Labute approximate surface area is 303 Å². The van der Waals surface area contributed by atoms with Crippen molar-refractivity contribution in [3.63, 3.8) is 0 Å². The van der Waals surface area contributed by atoms with Gasteiger partial charge < -0.3 is 13.9 Å². The normalized spacial score (nSPS) is 11.8. The number of hydrogen-bond donors (Lipinski definition) is 0. The molecule has 3 heterocycles. The van der Waals surface area contributed by atoms with Crippen molar-refractivity contribution >= 4 is 92.3 Å². The summed E-state index contributed by atoms with van der Waals surface area (Å²) >= 11 is 1.84. The van der Waals surface area contributed by atoms with E-state index in [1.807, 2.05) is 23.5 Å². The summed E-state index contributed by atoms with van der Waals surface area (Å²) in [4.78, 5) is 2.34. The van der Waals surface area contributed by atoms with Crippen LogP contribution in [0.2, 0.25) is 0 Å². The molecule has 52 heavy (non-hydrogen) atoms. The zero-order chi connectivity index (χ0) is 34.2. The molecule has 0 saturated carbocycles. The average Bonchev–Trinajstić information content (AvgIpc) is 3.87. The molecule has 0 aliphatic heterocycles. The highest BCUT2D eigenvalue weighted by atomic mass is 32.1. The van der Waals surface area contributed by atoms with Gasteiger partial charge in [-0.05, 0) is 83.9 Å². The summed E-state index contributed by atoms with van der Waals surface area (Å²) < 4.78 is 11.3. The minimum atomic E-state index is 0.880. The van der Waals surface area contributed by atoms with Crippen molar-refractivity contribution in [1.82, 2.24) is 4.57 Å². The molecule has 0 bridgehead atoms. The Bertz CT molecular complexity index is 3020. The fourth-order valence-corrected chi connectivity index (χ4v) is 9.10. The summed E-state index contributed by atoms with van der Waals surface area (Å²) in [6.45, 7) is 0. The summed E-state index contributed by atoms with van der Waals surface area (Å²) in [5, 5.41) is 7.36. The molecule has 0 spiro atoms. The van der Waals surface area contributed by atoms with Crippen molar-refractivity contribution in [3.8, 4) is 16.8 Å². The number of fused-ring (bicyclic) bond motifs is 9. The predicted molar refractivity (Wildman–Crippen MR) is 221 cm³/mol. The second kappa shape index (κ2) is 11.5. The van der Waals surface area contributed by atoms with E-state index in [1.165, 1.54) is 53.1 Å². The highest BCUT2D eigenvalue weighted by molar-refractivity contribution is 7.25. The molecule has 11 aromatic rings. The third-order valence-corrected chi connectivity index (χ3v) is 11.5. The molecule has 0 unspecified atom stereocenters. The standard InChI is InChI=1S/C48H30N2OS/c1-2-10-33(11-3-1)50-43-15-7-4-12-37(43)38-25-20-32(28-44(38)50)31-18-21-34(22-19-31)49(35-23-26-40-39-13-5-8-16-45(39)51-46(40)29-35)36-24-27-42-41-14-6-9-17-47(41)52-48(42)30-36/h1-30H. The number of hydrogen-bond acceptors (Lipinski definition) is 3. The van der Waals surface area contributed by atoms with Gasteiger partial charge in [0.2, 0.25) is 0 Å². The van der Waals surface area contributed by atoms with Crippen LogP contribution in [0.15, 0.2) is 186 Å². The zero-order valence-electron chi connectivity index (χ0n) is 28.0. The van der Waals surface area contributed by atoms with Crippen LogP contribution in [-0.4, -0.2) is 4.57 Å². The number of rotatable bonds is 5. The van der Waals surface area contributed by atoms with E-state index in [4.69, 9.17) is 4.42 Å². The van der Waals surface area contributed by atoms with Crippen molar-refractivity contribution in [1.29, 1.82) is 0 Å². The highest BCUT2D eigenvalue weighted by Gasteiger charge is 2.18. The van der Waals surface area contributed by atoms with E-state index in [9.17, 15) is 0 Å². The van der Waals surface area contributed by atoms with Crippen LogP contribution in [0.3, 0.4) is 0 Å². The van der Waals surface area contributed by atoms with Crippen molar-refractivity contribution < 1.29 is 4.42 Å². The van der Waals surface area contributed by atoms with Gasteiger partial charge in [-0.15, -0.1) is 11.3 Å². The number of anilines is 3. The molecule has 3 aromatic heterocycles. The first-order valence-corrected chi connectivity index (χ1v) is 18.4. The van der Waals surface area contributed by atoms with E-state index in [2.05, 4.69) is 179 Å². The number of para-hydroxylation sites is 3. The Balaban J connectivity index is 1.05. The fraction of sp³-hybridized carbons (Fsp3) is 0. The number of aromatic nitrogens is 1. The van der Waals surface area contributed by atoms with E-state index in [0.29, 0.717) is 0 Å². The van der Waals surface area contributed by atoms with Crippen molar-refractivity contribution in [2.45, 2.75) is 0 Å². The fourth-order valence-electron chi connectivity index (χ4n) is 7.96. The molecule has 0 aliphatic rings. The Morgan fingerprint density at radius 3 is 1.85 bits per heavy atom. The Morgan fingerprint density at radius 2 is 0.981 bits per heavy atom. The minimum absolute atomic E-state index is 0.880. The molecule has 0 radical (unpaired) electrons. The van der Waals surface area contributed by atoms with Crippen LogP contribution in [0.5, 0.6) is 0 Å². The quantitative estimate of drug-likeness (QED) is 0.180. The molecular weight excluding hydrogens is 653 g/mol. The lowest BCUT2D eigenvalue weighted by molar-refractivity contribution is 0.669. The van der Waals surface area contributed by atoms with Gasteiger partial charge in [0.25, 0.3) is 0 Å². The molecule has 4 heteroatoms. The first-order chi connectivity index (χ1) is 25.8. The molecule has 0 aliphatic carbocycles. The highest BCUT2D eigenvalue weighted by Crippen LogP contribution is 2.43. The first-order valence-electron chi connectivity index (χ1n) is 17.6. The topological polar surface area (TPSA) is 21.3 Å². The smallest absolute Gasteiger partial charge is 0.137 e. The summed E-state index contributed by atoms with van der Waals surface area (Å²) in [6, 6.07) is 65.5. The average molecular weight is 683 g/mol. The lowest BCUT2D eigenvalue weighted by Gasteiger charge is -2.26. The van der Waals surface area contributed by atoms with Crippen LogP contribution in [0.4, 0.5) is 17.1 Å². The molecular formula is C48H30N2OS. The van der Waals surface area contributed by atoms with Crippen LogP contribution < -0.4 is 4.90 Å². The summed E-state index contributed by atoms with van der Waals surface area (Å²) in [5.74, 6) is 0. The Hall–Kier alpha value is -6.62. The van der Waals surface area contributed by atoms with Gasteiger partial charge in [0, 0.05) is 70.5 Å². The molecule has 0 fully saturated rings. The van der Waals surface area contributed by atoms with E-state index in [0.717, 1.165) is 44.7 Å². The minimum Gasteiger partial charge on any atom is -0.456 e. The van der Waals surface area contributed by atoms with Gasteiger partial charge in [-0.1, -0.05) is 103 Å². The van der Waals surface area contributed by atoms with Crippen molar-refractivity contribution in [3.05, 3.63) is 182 Å². The SMILES string of the molecule is c1ccc(-n2c3ccccc3c3ccc(-c4ccc(N(c5ccc6c(c5)oc5ccccc56)c5ccc6c(c5)sc5ccccc56)cc4)cc32)cc1. The van der Waals surface area contributed by atoms with Crippen LogP contribution in [0.1, 0.15) is 0 Å². The third kappa shape index (κ3) is 4.51. The molecule has 8 aromatic carbocycles. The first kappa shape index (κ1) is 29.1. The molecule has 0 amide bonds. The zero-order valence-corrected chi connectivity index (χ0v) is 28.8. The van der Waals surface area contributed by atoms with Gasteiger partial charge in [-0.25, -0.2) is 0 Å². The van der Waals surface area contributed by atoms with E-state index >= 15 is 0 Å². The number of nitrogens with zero attached hydrogens (tertiary/aromatic N) is 2. The molecule has 3 nitrogen and oxygen atoms in total. The summed E-state index contributed by atoms with van der Waals surface area (Å²) in [7, 11) is 0. The second-order valence-corrected chi connectivity index (χ2v) is 14.4. The summed E-state index contributed by atoms with van der Waals surface area (Å²) in [5.41, 5.74) is 10.9. The van der Waals surface area contributed by atoms with Crippen molar-refractivity contribution in [2.24, 2.45) is 0 Å². The molecule has 0 N–H and O–H groups in total. The summed E-state index contributed by atoms with van der Waals surface area (Å²) in [6.07, 6.45) is 0. The monoisotopic (exact) mass is 682 g/mol. The lowest BCUT2D eigenvalue weighted by atomic mass is 10.0. The molecule has 0 saturated heterocycles. The maximum atomic E-state index is 6.37. The van der Waals surface area contributed by atoms with E-state index in [1.54, 1.807) is 0 Å². The number of thiophene rings is 1. The maximum absolute atomic E-state index is 6.37. The van der Waals surface area contributed by atoms with Gasteiger partial charge in [-0.3, -0.25) is 0 Å². The van der Waals surface area contributed by atoms with E-state index in [-0.39, 0.29) is 0 Å². The van der Waals surface area contributed by atoms with Crippen LogP contribution >= 0.6 is 11.3 Å². The Morgan fingerprint density at radius 1 is 0.385 bits per heavy atom. The van der Waals surface area contributed by atoms with Crippen molar-refractivity contribution in [2.75, 3.05) is 4.90 Å². The number of furan rings is 1. The van der Waals surface area contributed by atoms with E-state index < -0.39 is 0 Å². The Kier molecular flexibility index (Phi) is 6.42. The maximum Gasteiger partial charge on any atom is 0.137 e. The van der Waals surface area contributed by atoms with Crippen LogP contribution in [-0.2, 0) is 0 Å². The van der Waals surface area contributed by atoms with Gasteiger partial charge in [0.05, 0.1) is 11.0 Å². The number of benzene rings is 8. The molecule has 244 valence electrons. The largest absolute Gasteiger partial charge is 0.456 e.